The molecule has 0 aliphatic carbocycles. The molecular formula is C24H19FN6O2. The van der Waals surface area contributed by atoms with Gasteiger partial charge in [0.25, 0.3) is 5.91 Å². The molecule has 1 amide bonds. The zero-order valence-corrected chi connectivity index (χ0v) is 17.8. The van der Waals surface area contributed by atoms with Crippen LogP contribution in [0.4, 0.5) is 4.39 Å². The minimum Gasteiger partial charge on any atom is -0.341 e. The van der Waals surface area contributed by atoms with E-state index in [0.717, 1.165) is 11.1 Å². The Bertz CT molecular complexity index is 1440. The second kappa shape index (κ2) is 8.27. The quantitative estimate of drug-likeness (QED) is 0.411. The van der Waals surface area contributed by atoms with Crippen LogP contribution in [-0.4, -0.2) is 31.0 Å². The highest BCUT2D eigenvalue weighted by Gasteiger charge is 2.20. The van der Waals surface area contributed by atoms with Crippen molar-refractivity contribution in [3.63, 3.8) is 0 Å². The maximum atomic E-state index is 13.5. The van der Waals surface area contributed by atoms with Crippen molar-refractivity contribution in [2.24, 2.45) is 0 Å². The molecule has 2 aromatic carbocycles. The van der Waals surface area contributed by atoms with Gasteiger partial charge >= 0.3 is 0 Å². The average Bonchev–Trinajstić information content (AvgIpc) is 3.46. The average molecular weight is 442 g/mol. The van der Waals surface area contributed by atoms with Gasteiger partial charge in [0, 0.05) is 29.1 Å². The highest BCUT2D eigenvalue weighted by molar-refractivity contribution is 6.03. The Morgan fingerprint density at radius 1 is 1.12 bits per heavy atom. The van der Waals surface area contributed by atoms with Crippen LogP contribution < -0.4 is 5.32 Å². The van der Waals surface area contributed by atoms with Crippen LogP contribution in [-0.2, 0) is 0 Å². The van der Waals surface area contributed by atoms with Crippen molar-refractivity contribution in [3.05, 3.63) is 84.0 Å². The lowest BCUT2D eigenvalue weighted by molar-refractivity contribution is 0.0932. The number of benzene rings is 2. The number of amides is 1. The molecule has 0 spiro atoms. The molecule has 3 aromatic heterocycles. The lowest BCUT2D eigenvalue weighted by Crippen LogP contribution is -2.27. The summed E-state index contributed by atoms with van der Waals surface area (Å²) in [5, 5.41) is 6.64. The predicted octanol–water partition coefficient (Wildman–Crippen LogP) is 4.61. The molecule has 0 bridgehead atoms. The molecule has 1 atom stereocenters. The number of carbonyl (C=O) groups is 1. The van der Waals surface area contributed by atoms with E-state index in [1.54, 1.807) is 50.5 Å². The first-order chi connectivity index (χ1) is 16.0. The number of carbonyl (C=O) groups excluding carboxylic acids is 1. The number of imidazole rings is 1. The van der Waals surface area contributed by atoms with Gasteiger partial charge in [0.2, 0.25) is 5.89 Å². The monoisotopic (exact) mass is 442 g/mol. The molecule has 9 heteroatoms. The number of hydrogen-bond donors (Lipinski definition) is 2. The van der Waals surface area contributed by atoms with Crippen LogP contribution in [0, 0.1) is 12.7 Å². The van der Waals surface area contributed by atoms with E-state index in [0.29, 0.717) is 39.7 Å². The molecule has 2 N–H and O–H groups in total. The zero-order chi connectivity index (χ0) is 22.9. The summed E-state index contributed by atoms with van der Waals surface area (Å²) in [4.78, 5) is 29.4. The van der Waals surface area contributed by atoms with E-state index in [1.807, 2.05) is 12.1 Å². The Morgan fingerprint density at radius 3 is 2.64 bits per heavy atom. The van der Waals surface area contributed by atoms with Gasteiger partial charge in [0.05, 0.1) is 11.0 Å². The summed E-state index contributed by atoms with van der Waals surface area (Å²) in [6, 6.07) is 12.8. The van der Waals surface area contributed by atoms with Gasteiger partial charge in [-0.1, -0.05) is 17.3 Å². The van der Waals surface area contributed by atoms with Crippen molar-refractivity contribution in [2.45, 2.75) is 19.9 Å². The van der Waals surface area contributed by atoms with Crippen molar-refractivity contribution >= 4 is 16.9 Å². The number of fused-ring (bicyclic) bond motifs is 1. The van der Waals surface area contributed by atoms with E-state index >= 15 is 0 Å². The fourth-order valence-corrected chi connectivity index (χ4v) is 3.57. The first kappa shape index (κ1) is 20.5. The van der Waals surface area contributed by atoms with Crippen molar-refractivity contribution in [2.75, 3.05) is 0 Å². The maximum absolute atomic E-state index is 13.5. The molecule has 0 saturated carbocycles. The van der Waals surface area contributed by atoms with Crippen LogP contribution in [0.15, 0.2) is 65.4 Å². The molecule has 164 valence electrons. The fourth-order valence-electron chi connectivity index (χ4n) is 3.57. The summed E-state index contributed by atoms with van der Waals surface area (Å²) in [5.41, 5.74) is 3.99. The molecule has 3 heterocycles. The molecule has 0 aliphatic rings. The number of rotatable bonds is 5. The molecule has 0 fully saturated rings. The SMILES string of the molecule is Cc1noc([C@@H](C)NC(=O)c2cc(-c3ccc(F)cc3)c3nc(-c4cccnc4)[nH]c3c2)n1. The molecule has 0 radical (unpaired) electrons. The molecule has 0 saturated heterocycles. The summed E-state index contributed by atoms with van der Waals surface area (Å²) in [6.07, 6.45) is 3.39. The summed E-state index contributed by atoms with van der Waals surface area (Å²) in [7, 11) is 0. The molecular weight excluding hydrogens is 423 g/mol. The number of aromatic nitrogens is 5. The number of pyridine rings is 1. The fraction of sp³-hybridized carbons (Fsp3) is 0.125. The van der Waals surface area contributed by atoms with Gasteiger partial charge in [-0.2, -0.15) is 4.98 Å². The number of aryl methyl sites for hydroxylation is 1. The number of aromatic amines is 1. The van der Waals surface area contributed by atoms with Gasteiger partial charge in [-0.15, -0.1) is 0 Å². The summed E-state index contributed by atoms with van der Waals surface area (Å²) < 4.78 is 18.7. The second-order valence-corrected chi connectivity index (χ2v) is 7.63. The van der Waals surface area contributed by atoms with Gasteiger partial charge in [0.1, 0.15) is 17.7 Å². The van der Waals surface area contributed by atoms with Crippen molar-refractivity contribution < 1.29 is 13.7 Å². The van der Waals surface area contributed by atoms with Crippen LogP contribution >= 0.6 is 0 Å². The first-order valence-corrected chi connectivity index (χ1v) is 10.3. The zero-order valence-electron chi connectivity index (χ0n) is 17.8. The minimum absolute atomic E-state index is 0.318. The third kappa shape index (κ3) is 4.08. The summed E-state index contributed by atoms with van der Waals surface area (Å²) in [5.74, 6) is 0.771. The Balaban J connectivity index is 1.58. The lowest BCUT2D eigenvalue weighted by atomic mass is 10.0. The van der Waals surface area contributed by atoms with Crippen molar-refractivity contribution in [1.29, 1.82) is 0 Å². The van der Waals surface area contributed by atoms with Gasteiger partial charge in [-0.3, -0.25) is 9.78 Å². The Hall–Kier alpha value is -4.40. The number of nitrogens with zero attached hydrogens (tertiary/aromatic N) is 4. The van der Waals surface area contributed by atoms with Crippen LogP contribution in [0.1, 0.15) is 35.0 Å². The molecule has 0 aliphatic heterocycles. The Kier molecular flexibility index (Phi) is 5.14. The molecule has 0 unspecified atom stereocenters. The van der Waals surface area contributed by atoms with E-state index in [-0.39, 0.29) is 11.7 Å². The Labute approximate surface area is 187 Å². The maximum Gasteiger partial charge on any atom is 0.252 e. The topological polar surface area (TPSA) is 110 Å². The minimum atomic E-state index is -0.476. The number of H-pyrrole nitrogens is 1. The van der Waals surface area contributed by atoms with E-state index < -0.39 is 6.04 Å². The summed E-state index contributed by atoms with van der Waals surface area (Å²) in [6.45, 7) is 3.48. The third-order valence-electron chi connectivity index (χ3n) is 5.20. The van der Waals surface area contributed by atoms with E-state index in [4.69, 9.17) is 9.51 Å². The smallest absolute Gasteiger partial charge is 0.252 e. The second-order valence-electron chi connectivity index (χ2n) is 7.63. The van der Waals surface area contributed by atoms with Crippen LogP contribution in [0.5, 0.6) is 0 Å². The van der Waals surface area contributed by atoms with Gasteiger partial charge < -0.3 is 14.8 Å². The first-order valence-electron chi connectivity index (χ1n) is 10.3. The third-order valence-corrected chi connectivity index (χ3v) is 5.20. The van der Waals surface area contributed by atoms with Gasteiger partial charge in [0.15, 0.2) is 5.82 Å². The number of halogens is 1. The van der Waals surface area contributed by atoms with Crippen LogP contribution in [0.3, 0.4) is 0 Å². The molecule has 33 heavy (non-hydrogen) atoms. The molecule has 5 aromatic rings. The van der Waals surface area contributed by atoms with Crippen LogP contribution in [0.25, 0.3) is 33.5 Å². The number of hydrogen-bond acceptors (Lipinski definition) is 6. The molecule has 5 rings (SSSR count). The van der Waals surface area contributed by atoms with E-state index in [2.05, 4.69) is 25.4 Å². The van der Waals surface area contributed by atoms with Crippen molar-refractivity contribution in [3.8, 4) is 22.5 Å². The highest BCUT2D eigenvalue weighted by atomic mass is 19.1. The largest absolute Gasteiger partial charge is 0.341 e. The Morgan fingerprint density at radius 2 is 1.94 bits per heavy atom. The lowest BCUT2D eigenvalue weighted by Gasteiger charge is -2.11. The van der Waals surface area contributed by atoms with Gasteiger partial charge in [-0.05, 0) is 55.8 Å². The van der Waals surface area contributed by atoms with E-state index in [9.17, 15) is 9.18 Å². The summed E-state index contributed by atoms with van der Waals surface area (Å²) >= 11 is 0. The van der Waals surface area contributed by atoms with E-state index in [1.165, 1.54) is 12.1 Å². The predicted molar refractivity (Wildman–Crippen MR) is 120 cm³/mol. The van der Waals surface area contributed by atoms with Crippen LogP contribution in [0.2, 0.25) is 0 Å². The number of nitrogens with one attached hydrogen (secondary N) is 2. The molecule has 8 nitrogen and oxygen atoms in total. The standard InChI is InChI=1S/C24H19FN6O2/c1-13(24-28-14(2)31-33-24)27-23(32)17-10-19(15-5-7-18(25)8-6-15)21-20(11-17)29-22(30-21)16-4-3-9-26-12-16/h3-13H,1-2H3,(H,27,32)(H,29,30)/t13-/m1/s1. The van der Waals surface area contributed by atoms with Crippen molar-refractivity contribution in [1.82, 2.24) is 30.4 Å². The normalized spacial score (nSPS) is 12.1. The highest BCUT2D eigenvalue weighted by Crippen LogP contribution is 2.31. The van der Waals surface area contributed by atoms with Gasteiger partial charge in [-0.25, -0.2) is 9.37 Å².